The first-order chi connectivity index (χ1) is 29.1. The smallest absolute Gasteiger partial charge is 0.410 e. The number of halogens is 2. The fourth-order valence-corrected chi connectivity index (χ4v) is 7.01. The molecule has 13 heteroatoms. The zero-order chi connectivity index (χ0) is 43.5. The van der Waals surface area contributed by atoms with E-state index in [9.17, 15) is 28.3 Å². The van der Waals surface area contributed by atoms with E-state index >= 15 is 0 Å². The number of carbonyl (C=O) groups excluding carboxylic acids is 3. The van der Waals surface area contributed by atoms with E-state index < -0.39 is 66.8 Å². The highest BCUT2D eigenvalue weighted by Gasteiger charge is 2.38. The molecule has 4 atom stereocenters. The minimum Gasteiger partial charge on any atom is -0.461 e. The lowest BCUT2D eigenvalue weighted by Gasteiger charge is -2.23. The number of aromatic nitrogens is 2. The number of aliphatic hydroxyl groups is 1. The van der Waals surface area contributed by atoms with E-state index in [0.29, 0.717) is 32.9 Å². The number of carbonyl (C=O) groups is 3. The number of β-amino-alcohol motifs (C(OH)–C–C–N with tert-alkyl or cyclic N) is 1. The summed E-state index contributed by atoms with van der Waals surface area (Å²) in [5, 5.41) is 11.2. The lowest BCUT2D eigenvalue weighted by molar-refractivity contribution is -0.145. The molecule has 3 N–H and O–H groups in total. The number of aromatic amines is 2. The number of fused-ring (bicyclic) bond motifs is 2. The lowest BCUT2D eigenvalue weighted by Crippen LogP contribution is -2.37. The maximum atomic E-state index is 13.6. The zero-order valence-corrected chi connectivity index (χ0v) is 31.0. The fraction of sp³-hybridized carbons (Fsp3) is 0.295. The number of likely N-dealkylation sites (tertiary alicyclic amines) is 2. The third kappa shape index (κ3) is 9.79. The highest BCUT2D eigenvalue weighted by Crippen LogP contribution is 2.29. The first kappa shape index (κ1) is 34.1. The van der Waals surface area contributed by atoms with Crippen molar-refractivity contribution in [1.82, 2.24) is 19.8 Å². The van der Waals surface area contributed by atoms with Crippen molar-refractivity contribution in [3.63, 3.8) is 0 Å². The Bertz CT molecular complexity index is 2510. The van der Waals surface area contributed by atoms with Crippen LogP contribution in [0.25, 0.3) is 21.8 Å². The van der Waals surface area contributed by atoms with Crippen LogP contribution in [-0.4, -0.2) is 80.4 Å². The molecule has 2 aliphatic rings. The number of aliphatic hydroxyl groups excluding tert-OH is 1. The Balaban J connectivity index is 0.000000185. The largest absolute Gasteiger partial charge is 0.461 e. The van der Waals surface area contributed by atoms with Crippen LogP contribution in [0.4, 0.5) is 18.4 Å². The number of benzene rings is 4. The number of amides is 2. The summed E-state index contributed by atoms with van der Waals surface area (Å²) >= 11 is 0. The van der Waals surface area contributed by atoms with Crippen LogP contribution in [0, 0.1) is 11.6 Å². The van der Waals surface area contributed by atoms with E-state index in [1.807, 2.05) is 60.7 Å². The van der Waals surface area contributed by atoms with Crippen LogP contribution in [0.2, 0.25) is 0 Å². The summed E-state index contributed by atoms with van der Waals surface area (Å²) in [6.45, 7) is 1.39. The van der Waals surface area contributed by atoms with Gasteiger partial charge in [0.25, 0.3) is 0 Å². The van der Waals surface area contributed by atoms with Crippen molar-refractivity contribution in [2.45, 2.75) is 70.0 Å². The molecule has 296 valence electrons. The van der Waals surface area contributed by atoms with Gasteiger partial charge in [-0.25, -0.2) is 18.4 Å². The van der Waals surface area contributed by atoms with Crippen LogP contribution in [0.5, 0.6) is 0 Å². The standard InChI is InChI=1S/C23H23FN2O4.C21H21FN2O3/c1-15(27)30-20-11-19(9-17-12-25-22-10-18(24)7-8-21(17)22)26(13-20)23(28)29-14-16-5-3-2-4-6-16;22-16-6-7-19-15(11-23-20(19)9-16)8-17-10-18(25)12-24(17)21(26)27-13-14-4-2-1-3-5-14/h2-8,10,12,19-20,25H,9,11,13-14H2,1H3;1-7,9,11,17-18,23,25H,8,10,12-13H2/t19-,20+;17-,18+/m11/s1/i9D2;8D2. The Labute approximate surface area is 333 Å². The van der Waals surface area contributed by atoms with Crippen LogP contribution in [0.1, 0.15) is 47.5 Å². The van der Waals surface area contributed by atoms with E-state index in [4.69, 9.17) is 19.7 Å². The molecule has 2 fully saturated rings. The van der Waals surface area contributed by atoms with Gasteiger partial charge in [-0.15, -0.1) is 0 Å². The number of H-pyrrole nitrogens is 2. The average Bonchev–Trinajstić information content (AvgIpc) is 4.05. The molecular weight excluding hydrogens is 735 g/mol. The number of nitrogens with one attached hydrogen (secondary N) is 2. The molecule has 8 rings (SSSR count). The number of rotatable bonds is 9. The van der Waals surface area contributed by atoms with Crippen LogP contribution in [-0.2, 0) is 45.0 Å². The maximum absolute atomic E-state index is 13.6. The second kappa shape index (κ2) is 17.7. The monoisotopic (exact) mass is 782 g/mol. The third-order valence-electron chi connectivity index (χ3n) is 9.69. The van der Waals surface area contributed by atoms with Crippen LogP contribution >= 0.6 is 0 Å². The molecule has 0 aliphatic carbocycles. The summed E-state index contributed by atoms with van der Waals surface area (Å²) in [7, 11) is 0. The second-order valence-electron chi connectivity index (χ2n) is 13.8. The van der Waals surface area contributed by atoms with Gasteiger partial charge in [0.15, 0.2) is 0 Å². The number of hydrogen-bond donors (Lipinski definition) is 3. The highest BCUT2D eigenvalue weighted by molar-refractivity contribution is 5.84. The number of nitrogens with zero attached hydrogens (tertiary/aromatic N) is 2. The van der Waals surface area contributed by atoms with Crippen molar-refractivity contribution >= 4 is 40.0 Å². The van der Waals surface area contributed by atoms with Gasteiger partial charge in [0.2, 0.25) is 0 Å². The van der Waals surface area contributed by atoms with Crippen molar-refractivity contribution in [3.05, 3.63) is 143 Å². The quantitative estimate of drug-likeness (QED) is 0.101. The van der Waals surface area contributed by atoms with Gasteiger partial charge in [-0.05, 0) is 77.8 Å². The van der Waals surface area contributed by atoms with Crippen molar-refractivity contribution < 1.29 is 48.0 Å². The molecule has 4 aromatic carbocycles. The van der Waals surface area contributed by atoms with E-state index in [-0.39, 0.29) is 39.1 Å². The third-order valence-corrected chi connectivity index (χ3v) is 9.69. The molecule has 0 bridgehead atoms. The van der Waals surface area contributed by atoms with Crippen LogP contribution in [0.15, 0.2) is 109 Å². The summed E-state index contributed by atoms with van der Waals surface area (Å²) in [5.74, 6) is -1.36. The fourth-order valence-electron chi connectivity index (χ4n) is 7.01. The van der Waals surface area contributed by atoms with Crippen molar-refractivity contribution in [3.8, 4) is 0 Å². The Kier molecular flexibility index (Phi) is 10.6. The van der Waals surface area contributed by atoms with Gasteiger partial charge < -0.3 is 39.1 Å². The zero-order valence-electron chi connectivity index (χ0n) is 35.0. The molecule has 2 aliphatic heterocycles. The first-order valence-corrected chi connectivity index (χ1v) is 18.5. The minimum absolute atomic E-state index is 0.00518. The lowest BCUT2D eigenvalue weighted by atomic mass is 10.0. The van der Waals surface area contributed by atoms with Gasteiger partial charge in [0.1, 0.15) is 31.0 Å². The molecule has 2 amide bonds. The molecule has 0 saturated carbocycles. The SMILES string of the molecule is [2H]C([2H])(c1c[nH]c2cc(F)ccc12)[C@@H]1C[C@H](O)CN1C(=O)OCc1ccccc1.[2H]C([2H])(c1c[nH]c2cc(F)ccc12)[C@@H]1C[C@H](OC(C)=O)CN1C(=O)OCc1ccccc1. The van der Waals surface area contributed by atoms with Gasteiger partial charge in [-0.1, -0.05) is 60.7 Å². The molecular formula is C44H44F2N4O7. The number of ether oxygens (including phenoxy) is 3. The molecule has 4 heterocycles. The molecule has 11 nitrogen and oxygen atoms in total. The van der Waals surface area contributed by atoms with Crippen LogP contribution < -0.4 is 0 Å². The second-order valence-corrected chi connectivity index (χ2v) is 13.8. The molecule has 2 aromatic heterocycles. The number of esters is 1. The number of hydrogen-bond acceptors (Lipinski definition) is 7. The topological polar surface area (TPSA) is 137 Å². The molecule has 2 saturated heterocycles. The Hall–Kier alpha value is -6.21. The summed E-state index contributed by atoms with van der Waals surface area (Å²) in [5.41, 5.74) is 3.15. The average molecular weight is 783 g/mol. The molecule has 6 aromatic rings. The van der Waals surface area contributed by atoms with Gasteiger partial charge in [0, 0.05) is 65.1 Å². The van der Waals surface area contributed by atoms with E-state index in [0.717, 1.165) is 11.1 Å². The summed E-state index contributed by atoms with van der Waals surface area (Å²) in [4.78, 5) is 45.4. The van der Waals surface area contributed by atoms with Crippen molar-refractivity contribution in [1.29, 1.82) is 0 Å². The minimum atomic E-state index is -2.02. The van der Waals surface area contributed by atoms with Crippen LogP contribution in [0.3, 0.4) is 0 Å². The summed E-state index contributed by atoms with van der Waals surface area (Å²) in [6.07, 6.45) is -3.69. The summed E-state index contributed by atoms with van der Waals surface area (Å²) in [6, 6.07) is 24.6. The van der Waals surface area contributed by atoms with E-state index in [1.54, 1.807) is 0 Å². The Morgan fingerprint density at radius 2 is 1.19 bits per heavy atom. The van der Waals surface area contributed by atoms with Crippen molar-refractivity contribution in [2.75, 3.05) is 13.1 Å². The summed E-state index contributed by atoms with van der Waals surface area (Å²) < 4.78 is 78.3. The van der Waals surface area contributed by atoms with Gasteiger partial charge in [-0.2, -0.15) is 0 Å². The molecule has 0 unspecified atom stereocenters. The van der Waals surface area contributed by atoms with E-state index in [2.05, 4.69) is 9.97 Å². The Morgan fingerprint density at radius 3 is 1.68 bits per heavy atom. The predicted molar refractivity (Wildman–Crippen MR) is 209 cm³/mol. The normalized spacial score (nSPS) is 20.6. The maximum Gasteiger partial charge on any atom is 0.410 e. The van der Waals surface area contributed by atoms with Gasteiger partial charge in [-0.3, -0.25) is 4.79 Å². The molecule has 0 spiro atoms. The van der Waals surface area contributed by atoms with Gasteiger partial charge >= 0.3 is 18.2 Å². The Morgan fingerprint density at radius 1 is 0.719 bits per heavy atom. The van der Waals surface area contributed by atoms with Gasteiger partial charge in [0.05, 0.1) is 19.2 Å². The highest BCUT2D eigenvalue weighted by atomic mass is 19.1. The van der Waals surface area contributed by atoms with Crippen molar-refractivity contribution in [2.24, 2.45) is 0 Å². The van der Waals surface area contributed by atoms with E-state index in [1.165, 1.54) is 65.5 Å². The first-order valence-electron chi connectivity index (χ1n) is 20.5. The molecule has 0 radical (unpaired) electrons. The predicted octanol–water partition coefficient (Wildman–Crippen LogP) is 7.81. The molecule has 57 heavy (non-hydrogen) atoms.